The molecule has 0 aliphatic carbocycles. The van der Waals surface area contributed by atoms with Crippen molar-refractivity contribution in [1.82, 2.24) is 14.8 Å². The quantitative estimate of drug-likeness (QED) is 0.667. The third-order valence-corrected chi connectivity index (χ3v) is 1.54. The van der Waals surface area contributed by atoms with E-state index in [1.807, 2.05) is 0 Å². The van der Waals surface area contributed by atoms with Crippen LogP contribution in [0.5, 0.6) is 5.88 Å². The first-order valence-corrected chi connectivity index (χ1v) is 3.63. The molecule has 2 aromatic heterocycles. The second-order valence-electron chi connectivity index (χ2n) is 2.42. The van der Waals surface area contributed by atoms with E-state index in [9.17, 15) is 9.50 Å². The van der Waals surface area contributed by atoms with Crippen LogP contribution < -0.4 is 0 Å². The minimum Gasteiger partial charge on any atom is -0.493 e. The summed E-state index contributed by atoms with van der Waals surface area (Å²) in [5.74, 6) is -0.423. The number of nitrogens with zero attached hydrogens (tertiary/aromatic N) is 3. The summed E-state index contributed by atoms with van der Waals surface area (Å²) in [5, 5.41) is 13.0. The number of aromatic nitrogens is 3. The molecule has 0 bridgehead atoms. The molecular formula is C8H6FN3O. The van der Waals surface area contributed by atoms with Crippen LogP contribution >= 0.6 is 0 Å². The summed E-state index contributed by atoms with van der Waals surface area (Å²) < 4.78 is 13.8. The monoisotopic (exact) mass is 179 g/mol. The molecule has 0 atom stereocenters. The molecule has 1 N–H and O–H groups in total. The lowest BCUT2D eigenvalue weighted by Gasteiger charge is -2.00. The van der Waals surface area contributed by atoms with Crippen molar-refractivity contribution >= 4 is 0 Å². The standard InChI is InChI=1S/C8H6FN3O/c9-6-2-1-3-7(11-6)12-8(13)4-5-10-12/h1-5,13H. The van der Waals surface area contributed by atoms with Crippen LogP contribution in [0.2, 0.25) is 0 Å². The summed E-state index contributed by atoms with van der Waals surface area (Å²) in [6, 6.07) is 5.67. The Morgan fingerprint density at radius 2 is 2.15 bits per heavy atom. The third-order valence-electron chi connectivity index (χ3n) is 1.54. The van der Waals surface area contributed by atoms with Crippen LogP contribution in [0.15, 0.2) is 30.5 Å². The van der Waals surface area contributed by atoms with Gasteiger partial charge >= 0.3 is 0 Å². The van der Waals surface area contributed by atoms with Crippen molar-refractivity contribution in [3.63, 3.8) is 0 Å². The van der Waals surface area contributed by atoms with E-state index >= 15 is 0 Å². The highest BCUT2D eigenvalue weighted by Gasteiger charge is 2.04. The zero-order valence-electron chi connectivity index (χ0n) is 6.55. The number of hydrogen-bond acceptors (Lipinski definition) is 3. The molecule has 0 aliphatic rings. The fraction of sp³-hybridized carbons (Fsp3) is 0. The normalized spacial score (nSPS) is 10.2. The third kappa shape index (κ3) is 1.35. The summed E-state index contributed by atoms with van der Waals surface area (Å²) in [7, 11) is 0. The van der Waals surface area contributed by atoms with Gasteiger partial charge in [0.05, 0.1) is 6.20 Å². The molecular weight excluding hydrogens is 173 g/mol. The van der Waals surface area contributed by atoms with Gasteiger partial charge in [0.1, 0.15) is 0 Å². The van der Waals surface area contributed by atoms with Gasteiger partial charge in [-0.3, -0.25) is 0 Å². The van der Waals surface area contributed by atoms with E-state index in [1.165, 1.54) is 24.4 Å². The summed E-state index contributed by atoms with van der Waals surface area (Å²) in [4.78, 5) is 3.55. The van der Waals surface area contributed by atoms with E-state index < -0.39 is 5.95 Å². The highest BCUT2D eigenvalue weighted by molar-refractivity contribution is 5.26. The Morgan fingerprint density at radius 3 is 2.77 bits per heavy atom. The number of hydrogen-bond donors (Lipinski definition) is 1. The first-order chi connectivity index (χ1) is 6.27. The number of halogens is 1. The minimum absolute atomic E-state index is 0.0712. The second kappa shape index (κ2) is 2.85. The Hall–Kier alpha value is -1.91. The summed E-state index contributed by atoms with van der Waals surface area (Å²) in [5.41, 5.74) is 0. The van der Waals surface area contributed by atoms with Crippen LogP contribution in [-0.4, -0.2) is 19.9 Å². The van der Waals surface area contributed by atoms with Crippen molar-refractivity contribution in [2.45, 2.75) is 0 Å². The fourth-order valence-corrected chi connectivity index (χ4v) is 0.988. The first kappa shape index (κ1) is 7.72. The fourth-order valence-electron chi connectivity index (χ4n) is 0.988. The van der Waals surface area contributed by atoms with Crippen LogP contribution in [0.25, 0.3) is 5.82 Å². The molecule has 0 aliphatic heterocycles. The minimum atomic E-state index is -0.604. The Bertz CT molecular complexity index is 427. The predicted molar refractivity (Wildman–Crippen MR) is 43.0 cm³/mol. The summed E-state index contributed by atoms with van der Waals surface area (Å²) in [6.07, 6.45) is 1.40. The molecule has 0 saturated carbocycles. The SMILES string of the molecule is Oc1ccnn1-c1cccc(F)n1. The number of aromatic hydroxyl groups is 1. The van der Waals surface area contributed by atoms with Gasteiger partial charge in [0.2, 0.25) is 11.8 Å². The first-order valence-electron chi connectivity index (χ1n) is 3.63. The van der Waals surface area contributed by atoms with E-state index in [0.717, 1.165) is 4.68 Å². The molecule has 0 fully saturated rings. The van der Waals surface area contributed by atoms with Crippen molar-refractivity contribution in [2.75, 3.05) is 0 Å². The van der Waals surface area contributed by atoms with Crippen molar-refractivity contribution in [3.05, 3.63) is 36.4 Å². The molecule has 0 aromatic carbocycles. The van der Waals surface area contributed by atoms with Gasteiger partial charge < -0.3 is 5.11 Å². The highest BCUT2D eigenvalue weighted by Crippen LogP contribution is 2.12. The molecule has 13 heavy (non-hydrogen) atoms. The molecule has 4 nitrogen and oxygen atoms in total. The average molecular weight is 179 g/mol. The predicted octanol–water partition coefficient (Wildman–Crippen LogP) is 1.11. The Morgan fingerprint density at radius 1 is 1.31 bits per heavy atom. The van der Waals surface area contributed by atoms with Gasteiger partial charge in [0.15, 0.2) is 5.82 Å². The molecule has 2 rings (SSSR count). The maximum absolute atomic E-state index is 12.7. The lowest BCUT2D eigenvalue weighted by Crippen LogP contribution is -1.99. The molecule has 5 heteroatoms. The molecule has 2 aromatic rings. The lowest BCUT2D eigenvalue weighted by molar-refractivity contribution is 0.430. The second-order valence-corrected chi connectivity index (χ2v) is 2.42. The lowest BCUT2D eigenvalue weighted by atomic mass is 10.4. The van der Waals surface area contributed by atoms with Gasteiger partial charge in [-0.05, 0) is 12.1 Å². The van der Waals surface area contributed by atoms with Crippen LogP contribution in [-0.2, 0) is 0 Å². The Kier molecular flexibility index (Phi) is 1.70. The van der Waals surface area contributed by atoms with E-state index in [-0.39, 0.29) is 11.7 Å². The van der Waals surface area contributed by atoms with Crippen molar-refractivity contribution in [2.24, 2.45) is 0 Å². The molecule has 0 unspecified atom stereocenters. The van der Waals surface area contributed by atoms with E-state index in [4.69, 9.17) is 0 Å². The van der Waals surface area contributed by atoms with Gasteiger partial charge in [-0.1, -0.05) is 6.07 Å². The Balaban J connectivity index is 2.53. The Labute approximate surface area is 73.3 Å². The van der Waals surface area contributed by atoms with Gasteiger partial charge in [0.25, 0.3) is 0 Å². The summed E-state index contributed by atoms with van der Waals surface area (Å²) >= 11 is 0. The topological polar surface area (TPSA) is 50.9 Å². The maximum Gasteiger partial charge on any atom is 0.215 e. The molecule has 2 heterocycles. The van der Waals surface area contributed by atoms with Crippen molar-refractivity contribution in [3.8, 4) is 11.7 Å². The zero-order valence-corrected chi connectivity index (χ0v) is 6.55. The largest absolute Gasteiger partial charge is 0.493 e. The zero-order chi connectivity index (χ0) is 9.26. The van der Waals surface area contributed by atoms with Crippen molar-refractivity contribution < 1.29 is 9.50 Å². The van der Waals surface area contributed by atoms with Crippen LogP contribution in [0.4, 0.5) is 4.39 Å². The van der Waals surface area contributed by atoms with E-state index in [1.54, 1.807) is 6.07 Å². The summed E-state index contributed by atoms with van der Waals surface area (Å²) in [6.45, 7) is 0. The smallest absolute Gasteiger partial charge is 0.215 e. The van der Waals surface area contributed by atoms with Crippen molar-refractivity contribution in [1.29, 1.82) is 0 Å². The van der Waals surface area contributed by atoms with E-state index in [0.29, 0.717) is 0 Å². The van der Waals surface area contributed by atoms with Crippen LogP contribution in [0.3, 0.4) is 0 Å². The maximum atomic E-state index is 12.7. The number of rotatable bonds is 1. The van der Waals surface area contributed by atoms with E-state index in [2.05, 4.69) is 10.1 Å². The highest BCUT2D eigenvalue weighted by atomic mass is 19.1. The molecule has 0 radical (unpaired) electrons. The van der Waals surface area contributed by atoms with Gasteiger partial charge in [0, 0.05) is 6.07 Å². The molecule has 66 valence electrons. The van der Waals surface area contributed by atoms with Gasteiger partial charge in [-0.25, -0.2) is 4.98 Å². The molecule has 0 spiro atoms. The van der Waals surface area contributed by atoms with Crippen LogP contribution in [0, 0.1) is 5.95 Å². The average Bonchev–Trinajstić information content (AvgIpc) is 2.51. The molecule has 0 amide bonds. The number of pyridine rings is 1. The molecule has 0 saturated heterocycles. The van der Waals surface area contributed by atoms with Gasteiger partial charge in [-0.2, -0.15) is 14.2 Å². The van der Waals surface area contributed by atoms with Crippen LogP contribution in [0.1, 0.15) is 0 Å². The van der Waals surface area contributed by atoms with Gasteiger partial charge in [-0.15, -0.1) is 0 Å².